The Morgan fingerprint density at radius 3 is 2.45 bits per heavy atom. The summed E-state index contributed by atoms with van der Waals surface area (Å²) < 4.78 is 15.5. The summed E-state index contributed by atoms with van der Waals surface area (Å²) in [5, 5.41) is 11.1. The Morgan fingerprint density at radius 2 is 1.68 bits per heavy atom. The van der Waals surface area contributed by atoms with Crippen LogP contribution in [0.15, 0.2) is 66.7 Å². The van der Waals surface area contributed by atoms with E-state index >= 15 is 0 Å². The molecule has 10 heteroatoms. The lowest BCUT2D eigenvalue weighted by Gasteiger charge is -2.35. The van der Waals surface area contributed by atoms with Gasteiger partial charge >= 0.3 is 0 Å². The van der Waals surface area contributed by atoms with Gasteiger partial charge in [0, 0.05) is 55.7 Å². The van der Waals surface area contributed by atoms with Crippen molar-refractivity contribution in [1.29, 1.82) is 0 Å². The van der Waals surface area contributed by atoms with E-state index in [2.05, 4.69) is 15.5 Å². The van der Waals surface area contributed by atoms with Gasteiger partial charge in [-0.25, -0.2) is 4.39 Å². The quantitative estimate of drug-likeness (QED) is 0.382. The molecule has 2 N–H and O–H groups in total. The molecule has 1 atom stereocenters. The average molecular weight is 534 g/mol. The molecular weight excluding hydrogens is 509 g/mol. The number of carbonyl (C=O) groups is 3. The van der Waals surface area contributed by atoms with Crippen LogP contribution in [0, 0.1) is 5.82 Å². The zero-order valence-electron chi connectivity index (χ0n) is 20.3. The largest absolute Gasteiger partial charge is 0.314 e. The molecule has 2 amide bonds. The molecule has 38 heavy (non-hydrogen) atoms. The van der Waals surface area contributed by atoms with E-state index < -0.39 is 17.6 Å². The Hall–Kier alpha value is -3.92. The third kappa shape index (κ3) is 4.60. The van der Waals surface area contributed by atoms with Gasteiger partial charge in [0.05, 0.1) is 22.3 Å². The first-order chi connectivity index (χ1) is 18.0. The first-order valence-corrected chi connectivity index (χ1v) is 12.2. The minimum Gasteiger partial charge on any atom is -0.314 e. The van der Waals surface area contributed by atoms with E-state index in [0.717, 1.165) is 31.7 Å². The number of aromatic nitrogens is 2. The number of imide groups is 1. The second kappa shape index (κ2) is 10.4. The zero-order valence-corrected chi connectivity index (χ0v) is 21.1. The lowest BCUT2D eigenvalue weighted by atomic mass is 9.95. The first-order valence-electron chi connectivity index (χ1n) is 12.2. The van der Waals surface area contributed by atoms with Crippen LogP contribution < -0.4 is 10.6 Å². The highest BCUT2D eigenvalue weighted by Gasteiger charge is 2.31. The molecule has 1 fully saturated rings. The summed E-state index contributed by atoms with van der Waals surface area (Å²) in [5.74, 6) is -1.58. The molecule has 1 aromatic heterocycles. The number of nitrogens with one attached hydrogen (secondary N) is 2. The molecule has 0 spiro atoms. The summed E-state index contributed by atoms with van der Waals surface area (Å²) in [4.78, 5) is 40.1. The van der Waals surface area contributed by atoms with Crippen LogP contribution in [-0.2, 0) is 6.42 Å². The fourth-order valence-corrected chi connectivity index (χ4v) is 5.19. The maximum Gasteiger partial charge on any atom is 0.278 e. The van der Waals surface area contributed by atoms with Crippen molar-refractivity contribution in [2.75, 3.05) is 26.2 Å². The number of piperazine rings is 1. The number of benzene rings is 3. The van der Waals surface area contributed by atoms with Crippen molar-refractivity contribution < 1.29 is 18.8 Å². The summed E-state index contributed by atoms with van der Waals surface area (Å²) in [5.41, 5.74) is 3.12. The normalized spacial score (nSPS) is 16.1. The summed E-state index contributed by atoms with van der Waals surface area (Å²) in [6.45, 7) is 3.19. The highest BCUT2D eigenvalue weighted by atomic mass is 35.5. The monoisotopic (exact) mass is 533 g/mol. The van der Waals surface area contributed by atoms with E-state index in [-0.39, 0.29) is 24.4 Å². The first kappa shape index (κ1) is 25.7. The molecule has 0 saturated carbocycles. The number of hydrogen-bond acceptors (Lipinski definition) is 6. The van der Waals surface area contributed by atoms with Crippen LogP contribution >= 0.6 is 12.4 Å². The van der Waals surface area contributed by atoms with E-state index in [1.807, 2.05) is 12.1 Å². The predicted molar refractivity (Wildman–Crippen MR) is 142 cm³/mol. The van der Waals surface area contributed by atoms with E-state index in [0.29, 0.717) is 39.7 Å². The maximum atomic E-state index is 14.3. The van der Waals surface area contributed by atoms with Crippen LogP contribution in [0.25, 0.3) is 10.9 Å². The molecule has 0 radical (unpaired) electrons. The molecule has 0 bridgehead atoms. The zero-order chi connectivity index (χ0) is 25.5. The Kier molecular flexibility index (Phi) is 7.07. The van der Waals surface area contributed by atoms with Gasteiger partial charge in [-0.1, -0.05) is 24.3 Å². The Bertz CT molecular complexity index is 1550. The Morgan fingerprint density at radius 1 is 0.947 bits per heavy atom. The second-order valence-corrected chi connectivity index (χ2v) is 9.29. The number of hydrogen-bond donors (Lipinski definition) is 2. The molecule has 194 valence electrons. The number of halogens is 2. The van der Waals surface area contributed by atoms with Gasteiger partial charge in [0.15, 0.2) is 0 Å². The molecule has 2 aliphatic rings. The Labute approximate surface area is 224 Å². The molecular formula is C28H25ClFN5O3. The van der Waals surface area contributed by atoms with E-state index in [4.69, 9.17) is 5.10 Å². The van der Waals surface area contributed by atoms with E-state index in [9.17, 15) is 18.8 Å². The van der Waals surface area contributed by atoms with Gasteiger partial charge in [0.1, 0.15) is 5.82 Å². The molecule has 2 aliphatic heterocycles. The minimum atomic E-state index is -0.450. The van der Waals surface area contributed by atoms with Gasteiger partial charge in [0.25, 0.3) is 17.7 Å². The van der Waals surface area contributed by atoms with Crippen LogP contribution in [0.1, 0.15) is 48.4 Å². The molecule has 3 heterocycles. The van der Waals surface area contributed by atoms with Crippen molar-refractivity contribution in [2.45, 2.75) is 12.5 Å². The molecule has 1 unspecified atom stereocenters. The van der Waals surface area contributed by atoms with Gasteiger partial charge in [-0.15, -0.1) is 12.4 Å². The number of nitrogens with zero attached hydrogens (tertiary/aromatic N) is 3. The molecule has 0 aliphatic carbocycles. The molecule has 3 aromatic carbocycles. The van der Waals surface area contributed by atoms with Crippen molar-refractivity contribution in [1.82, 2.24) is 25.3 Å². The average Bonchev–Trinajstić information content (AvgIpc) is 3.43. The molecule has 4 aromatic rings. The third-order valence-corrected chi connectivity index (χ3v) is 7.06. The molecule has 8 nitrogen and oxygen atoms in total. The van der Waals surface area contributed by atoms with Gasteiger partial charge in [-0.05, 0) is 42.0 Å². The van der Waals surface area contributed by atoms with Gasteiger partial charge < -0.3 is 5.32 Å². The van der Waals surface area contributed by atoms with Crippen LogP contribution in [0.2, 0.25) is 0 Å². The summed E-state index contributed by atoms with van der Waals surface area (Å²) in [6, 6.07) is 18.3. The van der Waals surface area contributed by atoms with Crippen molar-refractivity contribution >= 4 is 41.0 Å². The van der Waals surface area contributed by atoms with E-state index in [1.54, 1.807) is 42.5 Å². The van der Waals surface area contributed by atoms with Crippen LogP contribution in [0.4, 0.5) is 4.39 Å². The molecule has 6 rings (SSSR count). The fourth-order valence-electron chi connectivity index (χ4n) is 5.19. The SMILES string of the molecule is Cl.O=C1NC(=O)c2cc(C(Cc3nn(C(=O)c4ccccc4)c4cc(F)ccc34)N3CCNCC3)ccc21. The minimum absolute atomic E-state index is 0. The summed E-state index contributed by atoms with van der Waals surface area (Å²) in [7, 11) is 0. The summed E-state index contributed by atoms with van der Waals surface area (Å²) in [6.07, 6.45) is 0.436. The van der Waals surface area contributed by atoms with Crippen molar-refractivity contribution in [2.24, 2.45) is 0 Å². The van der Waals surface area contributed by atoms with Crippen molar-refractivity contribution in [3.8, 4) is 0 Å². The fraction of sp³-hybridized carbons (Fsp3) is 0.214. The molecule has 1 saturated heterocycles. The van der Waals surface area contributed by atoms with Gasteiger partial charge in [-0.2, -0.15) is 9.78 Å². The standard InChI is InChI=1S/C28H24FN5O3.ClH/c29-19-7-9-21-23(32-34(25(21)15-19)28(37)17-4-2-1-3-5-17)16-24(33-12-10-30-11-13-33)18-6-8-20-22(14-18)27(36)31-26(20)35;/h1-9,14-15,24,30H,10-13,16H2,(H,31,35,36);1H. The second-order valence-electron chi connectivity index (χ2n) is 9.29. The highest BCUT2D eigenvalue weighted by molar-refractivity contribution is 6.21. The van der Waals surface area contributed by atoms with Gasteiger partial charge in [0.2, 0.25) is 0 Å². The summed E-state index contributed by atoms with van der Waals surface area (Å²) >= 11 is 0. The van der Waals surface area contributed by atoms with Gasteiger partial charge in [-0.3, -0.25) is 24.6 Å². The lowest BCUT2D eigenvalue weighted by molar-refractivity contribution is 0.0877. The van der Waals surface area contributed by atoms with Crippen LogP contribution in [-0.4, -0.2) is 58.6 Å². The number of rotatable bonds is 5. The third-order valence-electron chi connectivity index (χ3n) is 7.06. The highest BCUT2D eigenvalue weighted by Crippen LogP contribution is 2.31. The topological polar surface area (TPSA) is 96.3 Å². The predicted octanol–water partition coefficient (Wildman–Crippen LogP) is 3.36. The smallest absolute Gasteiger partial charge is 0.278 e. The maximum absolute atomic E-state index is 14.3. The lowest BCUT2D eigenvalue weighted by Crippen LogP contribution is -2.45. The van der Waals surface area contributed by atoms with Crippen molar-refractivity contribution in [3.05, 3.63) is 100 Å². The van der Waals surface area contributed by atoms with Crippen LogP contribution in [0.5, 0.6) is 0 Å². The Balaban J connectivity index is 0.00000294. The van der Waals surface area contributed by atoms with Crippen molar-refractivity contribution in [3.63, 3.8) is 0 Å². The van der Waals surface area contributed by atoms with E-state index in [1.165, 1.54) is 16.8 Å². The number of carbonyl (C=O) groups excluding carboxylic acids is 3. The number of fused-ring (bicyclic) bond motifs is 2. The van der Waals surface area contributed by atoms with Crippen LogP contribution in [0.3, 0.4) is 0 Å². The number of amides is 2.